The Bertz CT molecular complexity index is 907. The van der Waals surface area contributed by atoms with Crippen molar-refractivity contribution in [3.05, 3.63) is 24.3 Å². The molecule has 2 N–H and O–H groups in total. The number of nitrogens with one attached hydrogen (secondary N) is 1. The second-order valence-corrected chi connectivity index (χ2v) is 17.5. The van der Waals surface area contributed by atoms with Crippen molar-refractivity contribution in [1.29, 1.82) is 0 Å². The quantitative estimate of drug-likeness (QED) is 0.0280. The maximum atomic E-state index is 12.8. The second kappa shape index (κ2) is 35.7. The molecule has 0 aromatic heterocycles. The first kappa shape index (κ1) is 51.0. The molecule has 0 heterocycles. The van der Waals surface area contributed by atoms with Gasteiger partial charge in [-0.1, -0.05) is 186 Å². The largest absolute Gasteiger partial charge is 0.756 e. The van der Waals surface area contributed by atoms with Gasteiger partial charge >= 0.3 is 0 Å². The third kappa shape index (κ3) is 37.3. The molecule has 8 nitrogen and oxygen atoms in total. The SMILES string of the molecule is CCCC/C=C/CC/C=C/C(O)C(COP(=O)([O-])OCC[N+](C)(C)C)NC(=O)CCCCCCCCCCCCCCCCCCCCCCCC. The zero-order valence-electron chi connectivity index (χ0n) is 34.8. The van der Waals surface area contributed by atoms with Crippen LogP contribution in [0.1, 0.15) is 194 Å². The summed E-state index contributed by atoms with van der Waals surface area (Å²) in [7, 11) is 1.24. The molecular formula is C43H85N2O6P. The lowest BCUT2D eigenvalue weighted by atomic mass is 10.0. The first-order valence-electron chi connectivity index (χ1n) is 21.7. The van der Waals surface area contributed by atoms with Crippen LogP contribution in [0, 0.1) is 0 Å². The summed E-state index contributed by atoms with van der Waals surface area (Å²) in [6.45, 7) is 4.55. The number of aliphatic hydroxyl groups is 1. The molecule has 0 aromatic carbocycles. The van der Waals surface area contributed by atoms with E-state index in [-0.39, 0.29) is 12.5 Å². The minimum Gasteiger partial charge on any atom is -0.756 e. The second-order valence-electron chi connectivity index (χ2n) is 16.0. The number of phosphoric ester groups is 1. The molecule has 0 aliphatic rings. The fourth-order valence-corrected chi connectivity index (χ4v) is 6.88. The molecular weight excluding hydrogens is 671 g/mol. The third-order valence-electron chi connectivity index (χ3n) is 9.66. The van der Waals surface area contributed by atoms with Gasteiger partial charge in [-0.05, 0) is 25.7 Å². The monoisotopic (exact) mass is 757 g/mol. The topological polar surface area (TPSA) is 108 Å². The number of rotatable bonds is 39. The van der Waals surface area contributed by atoms with E-state index >= 15 is 0 Å². The Labute approximate surface area is 322 Å². The van der Waals surface area contributed by atoms with Crippen LogP contribution >= 0.6 is 7.82 Å². The fraction of sp³-hybridized carbons (Fsp3) is 0.884. The van der Waals surface area contributed by atoms with Crippen molar-refractivity contribution in [3.63, 3.8) is 0 Å². The highest BCUT2D eigenvalue weighted by Gasteiger charge is 2.23. The number of hydrogen-bond donors (Lipinski definition) is 2. The van der Waals surface area contributed by atoms with E-state index in [2.05, 4.69) is 31.3 Å². The highest BCUT2D eigenvalue weighted by Crippen LogP contribution is 2.38. The maximum Gasteiger partial charge on any atom is 0.268 e. The summed E-state index contributed by atoms with van der Waals surface area (Å²) < 4.78 is 23.1. The van der Waals surface area contributed by atoms with Gasteiger partial charge in [0.2, 0.25) is 5.91 Å². The summed E-state index contributed by atoms with van der Waals surface area (Å²) in [5.41, 5.74) is 0. The third-order valence-corrected chi connectivity index (χ3v) is 10.6. The first-order valence-corrected chi connectivity index (χ1v) is 23.2. The number of likely N-dealkylation sites (N-methyl/N-ethyl adjacent to an activating group) is 1. The van der Waals surface area contributed by atoms with Crippen LogP contribution in [0.4, 0.5) is 0 Å². The van der Waals surface area contributed by atoms with Gasteiger partial charge in [-0.15, -0.1) is 0 Å². The van der Waals surface area contributed by atoms with Gasteiger partial charge in [0.25, 0.3) is 7.82 Å². The zero-order valence-corrected chi connectivity index (χ0v) is 35.7. The number of quaternary nitrogens is 1. The molecule has 0 aliphatic heterocycles. The molecule has 0 rings (SSSR count). The number of aliphatic hydroxyl groups excluding tert-OH is 1. The van der Waals surface area contributed by atoms with E-state index in [1.807, 2.05) is 27.2 Å². The molecule has 1 amide bonds. The average molecular weight is 757 g/mol. The highest BCUT2D eigenvalue weighted by molar-refractivity contribution is 7.45. The van der Waals surface area contributed by atoms with Gasteiger partial charge in [-0.3, -0.25) is 9.36 Å². The molecule has 3 atom stereocenters. The van der Waals surface area contributed by atoms with E-state index < -0.39 is 26.6 Å². The zero-order chi connectivity index (χ0) is 38.6. The van der Waals surface area contributed by atoms with Crippen molar-refractivity contribution in [3.8, 4) is 0 Å². The van der Waals surface area contributed by atoms with Gasteiger partial charge in [-0.2, -0.15) is 0 Å². The minimum atomic E-state index is -4.58. The summed E-state index contributed by atoms with van der Waals surface area (Å²) in [5.74, 6) is -0.209. The van der Waals surface area contributed by atoms with Crippen LogP contribution < -0.4 is 10.2 Å². The van der Waals surface area contributed by atoms with Gasteiger partial charge in [0.05, 0.1) is 39.9 Å². The molecule has 0 saturated heterocycles. The van der Waals surface area contributed by atoms with E-state index in [1.165, 1.54) is 135 Å². The highest BCUT2D eigenvalue weighted by atomic mass is 31.2. The predicted octanol–water partition coefficient (Wildman–Crippen LogP) is 11.1. The number of hydrogen-bond acceptors (Lipinski definition) is 6. The van der Waals surface area contributed by atoms with Crippen LogP contribution in [0.25, 0.3) is 0 Å². The maximum absolute atomic E-state index is 12.8. The summed E-state index contributed by atoms with van der Waals surface area (Å²) in [6.07, 6.45) is 41.1. The first-order chi connectivity index (χ1) is 25.0. The van der Waals surface area contributed by atoms with Crippen molar-refractivity contribution in [2.24, 2.45) is 0 Å². The van der Waals surface area contributed by atoms with Gasteiger partial charge in [-0.25, -0.2) is 0 Å². The minimum absolute atomic E-state index is 0.00492. The normalized spacial score (nSPS) is 14.7. The molecule has 9 heteroatoms. The molecule has 0 bridgehead atoms. The Balaban J connectivity index is 4.18. The van der Waals surface area contributed by atoms with Crippen molar-refractivity contribution in [2.75, 3.05) is 40.9 Å². The number of unbranched alkanes of at least 4 members (excludes halogenated alkanes) is 24. The lowest BCUT2D eigenvalue weighted by Crippen LogP contribution is -2.45. The van der Waals surface area contributed by atoms with E-state index in [0.717, 1.165) is 38.5 Å². The summed E-state index contributed by atoms with van der Waals surface area (Å²) in [5, 5.41) is 13.6. The van der Waals surface area contributed by atoms with E-state index in [1.54, 1.807) is 6.08 Å². The Kier molecular flexibility index (Phi) is 35.0. The van der Waals surface area contributed by atoms with Crippen LogP contribution in [-0.4, -0.2) is 68.5 Å². The number of amides is 1. The average Bonchev–Trinajstić information content (AvgIpc) is 3.09. The fourth-order valence-electron chi connectivity index (χ4n) is 6.15. The summed E-state index contributed by atoms with van der Waals surface area (Å²) >= 11 is 0. The summed E-state index contributed by atoms with van der Waals surface area (Å²) in [6, 6.07) is -0.896. The molecule has 0 aromatic rings. The van der Waals surface area contributed by atoms with Crippen molar-refractivity contribution in [1.82, 2.24) is 5.32 Å². The number of nitrogens with zero attached hydrogens (tertiary/aromatic N) is 1. The molecule has 3 unspecified atom stereocenters. The van der Waals surface area contributed by atoms with Gasteiger partial charge < -0.3 is 28.8 Å². The molecule has 52 heavy (non-hydrogen) atoms. The van der Waals surface area contributed by atoms with Crippen molar-refractivity contribution in [2.45, 2.75) is 206 Å². The summed E-state index contributed by atoms with van der Waals surface area (Å²) in [4.78, 5) is 25.2. The smallest absolute Gasteiger partial charge is 0.268 e. The Hall–Kier alpha value is -1.02. The Morgan fingerprint density at radius 3 is 1.54 bits per heavy atom. The molecule has 308 valence electrons. The Morgan fingerprint density at radius 1 is 0.654 bits per heavy atom. The number of phosphoric acid groups is 1. The molecule has 0 fully saturated rings. The number of carbonyl (C=O) groups excluding carboxylic acids is 1. The van der Waals surface area contributed by atoms with Gasteiger partial charge in [0, 0.05) is 6.42 Å². The standard InChI is InChI=1S/C43H85N2O6P/c1-6-8-10-12-14-16-17-18-19-20-21-22-23-24-25-26-27-28-29-31-33-35-37-43(47)44-41(40-51-52(48,49)50-39-38-45(3,4)5)42(46)36-34-32-30-15-13-11-9-7-2/h13,15,34,36,41-42,46H,6-12,14,16-33,35,37-40H2,1-5H3,(H-,44,47,48,49)/b15-13+,36-34+. The van der Waals surface area contributed by atoms with E-state index in [4.69, 9.17) is 9.05 Å². The lowest BCUT2D eigenvalue weighted by Gasteiger charge is -2.29. The van der Waals surface area contributed by atoms with E-state index in [9.17, 15) is 19.4 Å². The molecule has 0 aliphatic carbocycles. The van der Waals surface area contributed by atoms with E-state index in [0.29, 0.717) is 17.4 Å². The van der Waals surface area contributed by atoms with Crippen LogP contribution in [0.2, 0.25) is 0 Å². The van der Waals surface area contributed by atoms with Crippen LogP contribution in [0.5, 0.6) is 0 Å². The van der Waals surface area contributed by atoms with Gasteiger partial charge in [0.1, 0.15) is 13.2 Å². The predicted molar refractivity (Wildman–Crippen MR) is 219 cm³/mol. The number of allylic oxidation sites excluding steroid dienone is 3. The Morgan fingerprint density at radius 2 is 1.08 bits per heavy atom. The van der Waals surface area contributed by atoms with Crippen LogP contribution in [-0.2, 0) is 18.4 Å². The molecule has 0 spiro atoms. The van der Waals surface area contributed by atoms with Crippen LogP contribution in [0.3, 0.4) is 0 Å². The van der Waals surface area contributed by atoms with Gasteiger partial charge in [0.15, 0.2) is 0 Å². The van der Waals surface area contributed by atoms with Crippen molar-refractivity contribution < 1.29 is 32.9 Å². The van der Waals surface area contributed by atoms with Crippen LogP contribution in [0.15, 0.2) is 24.3 Å². The number of carbonyl (C=O) groups is 1. The van der Waals surface area contributed by atoms with Crippen molar-refractivity contribution >= 4 is 13.7 Å². The molecule has 0 radical (unpaired) electrons. The molecule has 0 saturated carbocycles. The lowest BCUT2D eigenvalue weighted by molar-refractivity contribution is -0.870.